The summed E-state index contributed by atoms with van der Waals surface area (Å²) in [5, 5.41) is 9.24. The second-order valence-corrected chi connectivity index (χ2v) is 4.75. The van der Waals surface area contributed by atoms with Crippen molar-refractivity contribution >= 4 is 11.9 Å². The summed E-state index contributed by atoms with van der Waals surface area (Å²) in [5.41, 5.74) is 1.66. The molecule has 7 heteroatoms. The first kappa shape index (κ1) is 14.9. The van der Waals surface area contributed by atoms with Crippen molar-refractivity contribution in [2.75, 3.05) is 11.9 Å². The average Bonchev–Trinajstić information content (AvgIpc) is 3.05. The quantitative estimate of drug-likeness (QED) is 0.726. The fourth-order valence-corrected chi connectivity index (χ4v) is 1.93. The summed E-state index contributed by atoms with van der Waals surface area (Å²) in [5.74, 6) is 0.373. The minimum Gasteiger partial charge on any atom is -0.367 e. The minimum atomic E-state index is -0.312. The van der Waals surface area contributed by atoms with Crippen LogP contribution in [-0.2, 0) is 16.1 Å². The van der Waals surface area contributed by atoms with E-state index < -0.39 is 0 Å². The number of carbonyl (C=O) groups excluding carboxylic acids is 1. The third-order valence-corrected chi connectivity index (χ3v) is 2.99. The molecule has 1 amide bonds. The van der Waals surface area contributed by atoms with E-state index in [2.05, 4.69) is 25.5 Å². The molecule has 7 nitrogen and oxygen atoms in total. The van der Waals surface area contributed by atoms with Crippen LogP contribution in [0.4, 0.5) is 5.95 Å². The first-order chi connectivity index (χ1) is 11.3. The molecule has 0 aliphatic rings. The molecule has 116 valence electrons. The van der Waals surface area contributed by atoms with Gasteiger partial charge in [0, 0.05) is 6.20 Å². The molecule has 0 spiro atoms. The van der Waals surface area contributed by atoms with Crippen LogP contribution in [0.1, 0.15) is 5.56 Å². The van der Waals surface area contributed by atoms with Gasteiger partial charge in [-0.2, -0.15) is 4.98 Å². The number of hydrogen-bond acceptors (Lipinski definition) is 5. The molecule has 0 radical (unpaired) electrons. The van der Waals surface area contributed by atoms with Crippen molar-refractivity contribution in [1.29, 1.82) is 0 Å². The van der Waals surface area contributed by atoms with Crippen LogP contribution in [0.15, 0.2) is 54.7 Å². The molecule has 0 saturated heterocycles. The van der Waals surface area contributed by atoms with Gasteiger partial charge in [0.2, 0.25) is 5.95 Å². The number of anilines is 1. The lowest BCUT2D eigenvalue weighted by atomic mass is 10.2. The van der Waals surface area contributed by atoms with Crippen LogP contribution in [0.3, 0.4) is 0 Å². The summed E-state index contributed by atoms with van der Waals surface area (Å²) >= 11 is 0. The Morgan fingerprint density at radius 1 is 1.13 bits per heavy atom. The monoisotopic (exact) mass is 309 g/mol. The third kappa shape index (κ3) is 4.21. The van der Waals surface area contributed by atoms with Crippen LogP contribution in [0.2, 0.25) is 0 Å². The fourth-order valence-electron chi connectivity index (χ4n) is 1.93. The van der Waals surface area contributed by atoms with Gasteiger partial charge in [-0.3, -0.25) is 20.2 Å². The van der Waals surface area contributed by atoms with Crippen LogP contribution >= 0.6 is 0 Å². The lowest BCUT2D eigenvalue weighted by Crippen LogP contribution is -2.19. The van der Waals surface area contributed by atoms with Gasteiger partial charge in [-0.25, -0.2) is 0 Å². The van der Waals surface area contributed by atoms with Crippen molar-refractivity contribution in [1.82, 2.24) is 20.2 Å². The Hall–Kier alpha value is -3.06. The zero-order valence-corrected chi connectivity index (χ0v) is 12.3. The van der Waals surface area contributed by atoms with Crippen LogP contribution < -0.4 is 5.32 Å². The molecule has 0 saturated carbocycles. The first-order valence-electron chi connectivity index (χ1n) is 7.06. The van der Waals surface area contributed by atoms with E-state index in [1.54, 1.807) is 12.3 Å². The van der Waals surface area contributed by atoms with Gasteiger partial charge in [-0.15, -0.1) is 5.10 Å². The molecule has 0 bridgehead atoms. The van der Waals surface area contributed by atoms with Gasteiger partial charge in [0.15, 0.2) is 5.82 Å². The summed E-state index contributed by atoms with van der Waals surface area (Å²) in [7, 11) is 0. The van der Waals surface area contributed by atoms with Gasteiger partial charge in [-0.05, 0) is 17.7 Å². The zero-order valence-electron chi connectivity index (χ0n) is 12.3. The number of H-pyrrole nitrogens is 1. The standard InChI is InChI=1S/C16H15N5O2/c22-14(11-23-10-12-6-2-1-3-7-12)18-16-19-15(20-21-16)13-8-4-5-9-17-13/h1-9H,10-11H2,(H2,18,19,20,21,22). The molecular weight excluding hydrogens is 294 g/mol. The van der Waals surface area contributed by atoms with Crippen LogP contribution in [-0.4, -0.2) is 32.7 Å². The van der Waals surface area contributed by atoms with Crippen molar-refractivity contribution < 1.29 is 9.53 Å². The largest absolute Gasteiger partial charge is 0.367 e. The SMILES string of the molecule is O=C(COCc1ccccc1)Nc1n[nH]c(-c2ccccn2)n1. The molecule has 0 fully saturated rings. The van der Waals surface area contributed by atoms with Crippen molar-refractivity contribution in [3.8, 4) is 11.5 Å². The highest BCUT2D eigenvalue weighted by molar-refractivity contribution is 5.90. The highest BCUT2D eigenvalue weighted by Crippen LogP contribution is 2.11. The lowest BCUT2D eigenvalue weighted by molar-refractivity contribution is -0.121. The van der Waals surface area contributed by atoms with Crippen LogP contribution in [0.5, 0.6) is 0 Å². The summed E-state index contributed by atoms with van der Waals surface area (Å²) < 4.78 is 5.35. The van der Waals surface area contributed by atoms with E-state index in [1.165, 1.54) is 0 Å². The first-order valence-corrected chi connectivity index (χ1v) is 7.06. The number of rotatable bonds is 6. The summed E-state index contributed by atoms with van der Waals surface area (Å²) in [6, 6.07) is 15.1. The average molecular weight is 309 g/mol. The molecule has 1 aromatic carbocycles. The molecule has 3 aromatic rings. The Kier molecular flexibility index (Phi) is 4.70. The third-order valence-electron chi connectivity index (χ3n) is 2.99. The van der Waals surface area contributed by atoms with E-state index in [4.69, 9.17) is 4.74 Å². The van der Waals surface area contributed by atoms with Gasteiger partial charge in [0.25, 0.3) is 5.91 Å². The van der Waals surface area contributed by atoms with Crippen LogP contribution in [0, 0.1) is 0 Å². The number of nitrogens with zero attached hydrogens (tertiary/aromatic N) is 3. The normalized spacial score (nSPS) is 10.4. The Balaban J connectivity index is 1.49. The zero-order chi connectivity index (χ0) is 15.9. The van der Waals surface area contributed by atoms with E-state index in [-0.39, 0.29) is 18.5 Å². The Bertz CT molecular complexity index is 758. The van der Waals surface area contributed by atoms with Crippen LogP contribution in [0.25, 0.3) is 11.5 Å². The van der Waals surface area contributed by atoms with E-state index in [0.717, 1.165) is 5.56 Å². The number of ether oxygens (including phenoxy) is 1. The summed E-state index contributed by atoms with van der Waals surface area (Å²) in [6.07, 6.45) is 1.66. The van der Waals surface area contributed by atoms with Crippen molar-refractivity contribution in [2.45, 2.75) is 6.61 Å². The number of carbonyl (C=O) groups is 1. The second-order valence-electron chi connectivity index (χ2n) is 4.75. The molecule has 3 rings (SSSR count). The molecule has 0 unspecified atom stereocenters. The number of aromatic nitrogens is 4. The van der Waals surface area contributed by atoms with Crippen molar-refractivity contribution in [3.63, 3.8) is 0 Å². The van der Waals surface area contributed by atoms with Crippen molar-refractivity contribution in [3.05, 3.63) is 60.3 Å². The number of pyridine rings is 1. The number of aromatic amines is 1. The number of amides is 1. The maximum atomic E-state index is 11.8. The number of nitrogens with one attached hydrogen (secondary N) is 2. The number of benzene rings is 1. The summed E-state index contributed by atoms with van der Waals surface area (Å²) in [6.45, 7) is 0.309. The molecule has 0 aliphatic heterocycles. The predicted molar refractivity (Wildman–Crippen MR) is 84.3 cm³/mol. The topological polar surface area (TPSA) is 92.8 Å². The van der Waals surface area contributed by atoms with E-state index in [0.29, 0.717) is 18.1 Å². The highest BCUT2D eigenvalue weighted by atomic mass is 16.5. The molecule has 2 N–H and O–H groups in total. The predicted octanol–water partition coefficient (Wildman–Crippen LogP) is 2.02. The molecule has 2 heterocycles. The van der Waals surface area contributed by atoms with E-state index >= 15 is 0 Å². The molecule has 0 atom stereocenters. The molecular formula is C16H15N5O2. The van der Waals surface area contributed by atoms with Gasteiger partial charge in [0.1, 0.15) is 12.3 Å². The summed E-state index contributed by atoms with van der Waals surface area (Å²) in [4.78, 5) is 20.1. The minimum absolute atomic E-state index is 0.0671. The lowest BCUT2D eigenvalue weighted by Gasteiger charge is -2.03. The molecule has 2 aromatic heterocycles. The van der Waals surface area contributed by atoms with E-state index in [9.17, 15) is 4.79 Å². The number of hydrogen-bond donors (Lipinski definition) is 2. The van der Waals surface area contributed by atoms with Gasteiger partial charge >= 0.3 is 0 Å². The van der Waals surface area contributed by atoms with Crippen molar-refractivity contribution in [2.24, 2.45) is 0 Å². The Morgan fingerprint density at radius 3 is 2.74 bits per heavy atom. The van der Waals surface area contributed by atoms with Gasteiger partial charge in [-0.1, -0.05) is 36.4 Å². The second kappa shape index (κ2) is 7.28. The maximum Gasteiger partial charge on any atom is 0.252 e. The highest BCUT2D eigenvalue weighted by Gasteiger charge is 2.09. The van der Waals surface area contributed by atoms with Gasteiger partial charge < -0.3 is 4.74 Å². The maximum absolute atomic E-state index is 11.8. The van der Waals surface area contributed by atoms with Gasteiger partial charge in [0.05, 0.1) is 6.61 Å². The van der Waals surface area contributed by atoms with E-state index in [1.807, 2.05) is 42.5 Å². The Morgan fingerprint density at radius 2 is 1.96 bits per heavy atom. The fraction of sp³-hybridized carbons (Fsp3) is 0.125. The Labute approximate surface area is 132 Å². The molecule has 0 aliphatic carbocycles. The smallest absolute Gasteiger partial charge is 0.252 e. The molecule has 23 heavy (non-hydrogen) atoms.